The van der Waals surface area contributed by atoms with E-state index in [1.54, 1.807) is 0 Å². The average Bonchev–Trinajstić information content (AvgIpc) is 2.90. The van der Waals surface area contributed by atoms with Gasteiger partial charge in [-0.2, -0.15) is 0 Å². The Morgan fingerprint density at radius 3 is 2.40 bits per heavy atom. The van der Waals surface area contributed by atoms with Crippen LogP contribution in [0.25, 0.3) is 10.9 Å². The highest BCUT2D eigenvalue weighted by atomic mass is 79.9. The zero-order valence-corrected chi connectivity index (χ0v) is 14.0. The van der Waals surface area contributed by atoms with Gasteiger partial charge in [-0.3, -0.25) is 0 Å². The van der Waals surface area contributed by atoms with Gasteiger partial charge in [0.2, 0.25) is 0 Å². The number of rotatable bonds is 7. The number of hydrogen-bond acceptors (Lipinski definition) is 1. The van der Waals surface area contributed by atoms with Gasteiger partial charge in [0.05, 0.1) is 5.60 Å². The van der Waals surface area contributed by atoms with Crippen LogP contribution < -0.4 is 0 Å². The predicted molar refractivity (Wildman–Crippen MR) is 88.9 cm³/mol. The number of fused-ring (bicyclic) bond motifs is 1. The molecule has 0 spiro atoms. The van der Waals surface area contributed by atoms with Crippen LogP contribution in [0.3, 0.4) is 0 Å². The molecule has 3 heteroatoms. The summed E-state index contributed by atoms with van der Waals surface area (Å²) in [5, 5.41) is 12.4. The minimum atomic E-state index is -0.712. The van der Waals surface area contributed by atoms with Crippen molar-refractivity contribution in [2.45, 2.75) is 58.0 Å². The Labute approximate surface area is 129 Å². The molecule has 0 saturated carbocycles. The summed E-state index contributed by atoms with van der Waals surface area (Å²) in [6.45, 7) is 4.35. The van der Waals surface area contributed by atoms with Gasteiger partial charge in [0.15, 0.2) is 0 Å². The minimum Gasteiger partial charge on any atom is -0.385 e. The lowest BCUT2D eigenvalue weighted by Gasteiger charge is -2.30. The maximum Gasteiger partial charge on any atom is 0.0903 e. The highest BCUT2D eigenvalue weighted by molar-refractivity contribution is 9.10. The highest BCUT2D eigenvalue weighted by Gasteiger charge is 2.30. The van der Waals surface area contributed by atoms with Crippen LogP contribution in [-0.2, 0) is 5.60 Å². The van der Waals surface area contributed by atoms with Gasteiger partial charge in [-0.1, -0.05) is 55.5 Å². The van der Waals surface area contributed by atoms with Crippen LogP contribution in [0.2, 0.25) is 0 Å². The molecule has 0 radical (unpaired) electrons. The average molecular weight is 338 g/mol. The zero-order chi connectivity index (χ0) is 14.6. The van der Waals surface area contributed by atoms with Crippen LogP contribution in [0.1, 0.15) is 57.9 Å². The highest BCUT2D eigenvalue weighted by Crippen LogP contribution is 2.38. The normalized spacial score (nSPS) is 12.2. The van der Waals surface area contributed by atoms with Crippen molar-refractivity contribution in [3.8, 4) is 0 Å². The predicted octanol–water partition coefficient (Wildman–Crippen LogP) is 5.50. The summed E-state index contributed by atoms with van der Waals surface area (Å²) in [6.07, 6.45) is 7.94. The van der Waals surface area contributed by atoms with Crippen molar-refractivity contribution in [3.05, 3.63) is 34.4 Å². The van der Waals surface area contributed by atoms with Crippen molar-refractivity contribution < 1.29 is 5.11 Å². The Balaban J connectivity index is 2.46. The number of H-pyrrole nitrogens is 1. The maximum absolute atomic E-state index is 11.3. The molecule has 0 unspecified atom stereocenters. The number of aliphatic hydroxyl groups is 1. The van der Waals surface area contributed by atoms with Crippen molar-refractivity contribution in [1.82, 2.24) is 4.98 Å². The van der Waals surface area contributed by atoms with E-state index in [-0.39, 0.29) is 0 Å². The summed E-state index contributed by atoms with van der Waals surface area (Å²) in [5.41, 5.74) is 1.43. The molecule has 1 heterocycles. The third-order valence-electron chi connectivity index (χ3n) is 4.02. The third-order valence-corrected chi connectivity index (χ3v) is 4.48. The Morgan fingerprint density at radius 2 is 1.80 bits per heavy atom. The van der Waals surface area contributed by atoms with Gasteiger partial charge < -0.3 is 10.1 Å². The lowest BCUT2D eigenvalue weighted by atomic mass is 9.82. The Hall–Kier alpha value is -0.800. The van der Waals surface area contributed by atoms with E-state index in [1.807, 2.05) is 6.20 Å². The Morgan fingerprint density at radius 1 is 1.15 bits per heavy atom. The molecule has 0 saturated heterocycles. The Bertz CT molecular complexity index is 553. The van der Waals surface area contributed by atoms with Crippen molar-refractivity contribution >= 4 is 26.8 Å². The van der Waals surface area contributed by atoms with Crippen molar-refractivity contribution in [3.63, 3.8) is 0 Å². The molecule has 2 N–H and O–H groups in total. The molecule has 110 valence electrons. The van der Waals surface area contributed by atoms with E-state index < -0.39 is 5.60 Å². The van der Waals surface area contributed by atoms with Gasteiger partial charge >= 0.3 is 0 Å². The molecule has 0 aliphatic heterocycles. The number of nitrogens with one attached hydrogen (secondary N) is 1. The van der Waals surface area contributed by atoms with Gasteiger partial charge in [-0.15, -0.1) is 0 Å². The molecule has 0 aliphatic rings. The van der Waals surface area contributed by atoms with E-state index in [0.717, 1.165) is 59.5 Å². The quantitative estimate of drug-likeness (QED) is 0.687. The molecule has 0 aliphatic carbocycles. The first-order valence-corrected chi connectivity index (χ1v) is 8.39. The topological polar surface area (TPSA) is 36.0 Å². The monoisotopic (exact) mass is 337 g/mol. The molecule has 0 amide bonds. The van der Waals surface area contributed by atoms with Crippen molar-refractivity contribution in [2.24, 2.45) is 0 Å². The van der Waals surface area contributed by atoms with Crippen LogP contribution in [0.4, 0.5) is 0 Å². The lowest BCUT2D eigenvalue weighted by Crippen LogP contribution is -2.26. The first kappa shape index (κ1) is 15.6. The summed E-state index contributed by atoms with van der Waals surface area (Å²) in [7, 11) is 0. The van der Waals surface area contributed by atoms with Crippen LogP contribution >= 0.6 is 15.9 Å². The molecule has 20 heavy (non-hydrogen) atoms. The van der Waals surface area contributed by atoms with E-state index in [2.05, 4.69) is 53.0 Å². The third kappa shape index (κ3) is 3.26. The van der Waals surface area contributed by atoms with Gasteiger partial charge in [0.25, 0.3) is 0 Å². The van der Waals surface area contributed by atoms with Crippen LogP contribution in [0.5, 0.6) is 0 Å². The van der Waals surface area contributed by atoms with E-state index in [9.17, 15) is 5.11 Å². The van der Waals surface area contributed by atoms with Crippen LogP contribution in [0, 0.1) is 0 Å². The van der Waals surface area contributed by atoms with Crippen molar-refractivity contribution in [2.75, 3.05) is 0 Å². The van der Waals surface area contributed by atoms with Gasteiger partial charge in [-0.05, 0) is 36.6 Å². The van der Waals surface area contributed by atoms with Gasteiger partial charge in [0, 0.05) is 21.6 Å². The van der Waals surface area contributed by atoms with E-state index >= 15 is 0 Å². The second kappa shape index (κ2) is 6.77. The van der Waals surface area contributed by atoms with Gasteiger partial charge in [0.1, 0.15) is 0 Å². The Kier molecular flexibility index (Phi) is 5.28. The summed E-state index contributed by atoms with van der Waals surface area (Å²) >= 11 is 3.57. The SMILES string of the molecule is CCCCC(O)(CCCC)c1cc(Br)cc2[nH]ccc12. The zero-order valence-electron chi connectivity index (χ0n) is 12.4. The van der Waals surface area contributed by atoms with Crippen LogP contribution in [0.15, 0.2) is 28.9 Å². The van der Waals surface area contributed by atoms with Crippen molar-refractivity contribution in [1.29, 1.82) is 0 Å². The number of halogens is 1. The fraction of sp³-hybridized carbons (Fsp3) is 0.529. The number of unbranched alkanes of at least 4 members (excludes halogenated alkanes) is 2. The summed E-state index contributed by atoms with van der Waals surface area (Å²) in [5.74, 6) is 0. The molecule has 0 bridgehead atoms. The minimum absolute atomic E-state index is 0.712. The molecular weight excluding hydrogens is 314 g/mol. The molecule has 2 nitrogen and oxygen atoms in total. The van der Waals surface area contributed by atoms with Gasteiger partial charge in [-0.25, -0.2) is 0 Å². The number of aromatic amines is 1. The lowest BCUT2D eigenvalue weighted by molar-refractivity contribution is 0.0155. The smallest absolute Gasteiger partial charge is 0.0903 e. The molecule has 0 fully saturated rings. The molecular formula is C17H24BrNO. The molecule has 0 atom stereocenters. The fourth-order valence-corrected chi connectivity index (χ4v) is 3.31. The summed E-state index contributed by atoms with van der Waals surface area (Å²) in [4.78, 5) is 3.24. The molecule has 1 aromatic heterocycles. The van der Waals surface area contributed by atoms with E-state index in [4.69, 9.17) is 0 Å². The largest absolute Gasteiger partial charge is 0.385 e. The summed E-state index contributed by atoms with van der Waals surface area (Å²) < 4.78 is 1.02. The number of benzene rings is 1. The first-order chi connectivity index (χ1) is 9.60. The number of hydrogen-bond donors (Lipinski definition) is 2. The standard InChI is InChI=1S/C17H24BrNO/c1-3-5-8-17(20,9-6-4-2)15-11-13(18)12-16-14(15)7-10-19-16/h7,10-12,19-20H,3-6,8-9H2,1-2H3. The maximum atomic E-state index is 11.3. The first-order valence-electron chi connectivity index (χ1n) is 7.60. The van der Waals surface area contributed by atoms with Crippen LogP contribution in [-0.4, -0.2) is 10.1 Å². The molecule has 1 aromatic carbocycles. The fourth-order valence-electron chi connectivity index (χ4n) is 2.85. The van der Waals surface area contributed by atoms with E-state index in [1.165, 1.54) is 0 Å². The number of aromatic nitrogens is 1. The second-order valence-corrected chi connectivity index (χ2v) is 6.55. The second-order valence-electron chi connectivity index (χ2n) is 5.63. The molecule has 2 aromatic rings. The molecule has 2 rings (SSSR count). The summed E-state index contributed by atoms with van der Waals surface area (Å²) in [6, 6.07) is 6.22. The van der Waals surface area contributed by atoms with E-state index in [0.29, 0.717) is 0 Å².